The van der Waals surface area contributed by atoms with E-state index in [4.69, 9.17) is 21.5 Å². The summed E-state index contributed by atoms with van der Waals surface area (Å²) in [7, 11) is 0. The Morgan fingerprint density at radius 3 is 2.97 bits per heavy atom. The van der Waals surface area contributed by atoms with Crippen LogP contribution in [0.15, 0.2) is 54.9 Å². The normalized spacial score (nSPS) is 11.9. The second kappa shape index (κ2) is 11.2. The Morgan fingerprint density at radius 1 is 1.30 bits per heavy atom. The number of halogens is 1. The van der Waals surface area contributed by atoms with Crippen LogP contribution >= 0.6 is 28.5 Å². The van der Waals surface area contributed by atoms with Gasteiger partial charge in [0.1, 0.15) is 0 Å². The predicted molar refractivity (Wildman–Crippen MR) is 134 cm³/mol. The zero-order chi connectivity index (χ0) is 21.3. The first kappa shape index (κ1) is 22.4. The molecule has 0 fully saturated rings. The van der Waals surface area contributed by atoms with Crippen LogP contribution in [0.1, 0.15) is 11.3 Å². The van der Waals surface area contributed by atoms with Gasteiger partial charge in [-0.1, -0.05) is 12.1 Å². The molecule has 8 nitrogen and oxygen atoms in total. The third-order valence-electron chi connectivity index (χ3n) is 4.31. The lowest BCUT2D eigenvalue weighted by molar-refractivity contribution is 0.373. The summed E-state index contributed by atoms with van der Waals surface area (Å²) in [6.07, 6.45) is 4.76. The minimum Gasteiger partial charge on any atom is -0.396 e. The Labute approximate surface area is 189 Å². The summed E-state index contributed by atoms with van der Waals surface area (Å²) in [4.78, 5) is 8.93. The highest BCUT2D eigenvalue weighted by Crippen LogP contribution is 2.24. The Balaban J connectivity index is 1.77. The minimum atomic E-state index is 0.428. The van der Waals surface area contributed by atoms with Gasteiger partial charge in [-0.15, -0.1) is 0 Å². The molecule has 0 radical (unpaired) electrons. The van der Waals surface area contributed by atoms with E-state index in [0.717, 1.165) is 16.5 Å². The summed E-state index contributed by atoms with van der Waals surface area (Å²) in [5.74, 6) is 6.76. The van der Waals surface area contributed by atoms with Gasteiger partial charge in [-0.25, -0.2) is 10.8 Å². The molecule has 10 heteroatoms. The number of fused-ring (bicyclic) bond motifs is 1. The molecule has 0 spiro atoms. The molecule has 0 bridgehead atoms. The van der Waals surface area contributed by atoms with Crippen LogP contribution in [-0.2, 0) is 11.1 Å². The number of benzene rings is 1. The molecule has 0 aliphatic heterocycles. The Hall–Kier alpha value is -2.33. The maximum atomic E-state index is 7.72. The van der Waals surface area contributed by atoms with E-state index in [1.165, 1.54) is 11.2 Å². The summed E-state index contributed by atoms with van der Waals surface area (Å²) in [5.41, 5.74) is 9.78. The molecular weight excluding hydrogens is 512 g/mol. The first-order valence-electron chi connectivity index (χ1n) is 9.16. The number of nitrogens with zero attached hydrogens (tertiary/aromatic N) is 3. The minimum absolute atomic E-state index is 0.428. The molecule has 1 aromatic carbocycles. The quantitative estimate of drug-likeness (QED) is 0.0780. The van der Waals surface area contributed by atoms with Crippen LogP contribution in [0.25, 0.3) is 16.5 Å². The third kappa shape index (κ3) is 5.85. The van der Waals surface area contributed by atoms with E-state index in [1.807, 2.05) is 30.3 Å². The van der Waals surface area contributed by atoms with Crippen molar-refractivity contribution in [1.29, 1.82) is 5.41 Å². The van der Waals surface area contributed by atoms with Crippen molar-refractivity contribution in [3.63, 3.8) is 0 Å². The Bertz CT molecular complexity index is 1050. The maximum absolute atomic E-state index is 7.72. The monoisotopic (exact) mass is 535 g/mol. The van der Waals surface area contributed by atoms with Crippen LogP contribution in [0.2, 0.25) is 0 Å². The highest BCUT2D eigenvalue weighted by atomic mass is 127. The van der Waals surface area contributed by atoms with E-state index in [2.05, 4.69) is 37.3 Å². The summed E-state index contributed by atoms with van der Waals surface area (Å²) in [5, 5.41) is 13.4. The van der Waals surface area contributed by atoms with Crippen molar-refractivity contribution >= 4 is 62.7 Å². The first-order chi connectivity index (χ1) is 14.6. The Kier molecular flexibility index (Phi) is 8.32. The lowest BCUT2D eigenvalue weighted by Crippen LogP contribution is -2.32. The highest BCUT2D eigenvalue weighted by molar-refractivity contribution is 14.2. The molecule has 30 heavy (non-hydrogen) atoms. The number of pyridine rings is 2. The topological polar surface area (TPSA) is 126 Å². The number of nitrogen functional groups attached to an aromatic ring is 1. The molecule has 0 aliphatic carbocycles. The SMILES string of the molecule is N=C/C(=C\NCCOPI)c1ccc(N)c(N(N)Cc2ccc3ncccc3c2)n1. The van der Waals surface area contributed by atoms with Gasteiger partial charge in [0.25, 0.3) is 0 Å². The van der Waals surface area contributed by atoms with Crippen LogP contribution in [0.4, 0.5) is 11.5 Å². The molecule has 0 saturated carbocycles. The van der Waals surface area contributed by atoms with Crippen molar-refractivity contribution in [3.8, 4) is 0 Å². The first-order valence-corrected chi connectivity index (χ1v) is 13.2. The average Bonchev–Trinajstić information content (AvgIpc) is 2.77. The van der Waals surface area contributed by atoms with Crippen molar-refractivity contribution in [1.82, 2.24) is 15.3 Å². The van der Waals surface area contributed by atoms with E-state index >= 15 is 0 Å². The van der Waals surface area contributed by atoms with Gasteiger partial charge in [-0.3, -0.25) is 9.99 Å². The summed E-state index contributed by atoms with van der Waals surface area (Å²) < 4.78 is 5.31. The smallest absolute Gasteiger partial charge is 0.166 e. The van der Waals surface area contributed by atoms with Gasteiger partial charge in [0.15, 0.2) is 5.82 Å². The predicted octanol–water partition coefficient (Wildman–Crippen LogP) is 3.63. The van der Waals surface area contributed by atoms with Crippen LogP contribution in [0.3, 0.4) is 0 Å². The molecule has 3 aromatic rings. The third-order valence-corrected chi connectivity index (χ3v) is 5.56. The fraction of sp³-hybridized carbons (Fsp3) is 0.150. The standard InChI is InChI=1S/C20H23IN7OP/c21-30-29-9-8-25-12-16(11-22)19-6-4-17(23)20(27-19)28(24)13-14-3-5-18-15(10-14)2-1-7-26-18/h1-7,10-12,22,25,30H,8-9,13,23-24H2/b16-12+,22-11?. The molecule has 0 amide bonds. The molecule has 6 N–H and O–H groups in total. The van der Waals surface area contributed by atoms with Gasteiger partial charge in [0, 0.05) is 36.1 Å². The molecule has 1 unspecified atom stereocenters. The number of rotatable bonds is 10. The zero-order valence-corrected chi connectivity index (χ0v) is 19.3. The molecule has 156 valence electrons. The number of aromatic nitrogens is 2. The number of hydrogen-bond donors (Lipinski definition) is 4. The summed E-state index contributed by atoms with van der Waals surface area (Å²) >= 11 is 2.18. The maximum Gasteiger partial charge on any atom is 0.166 e. The van der Waals surface area contributed by atoms with Gasteiger partial charge in [0.2, 0.25) is 0 Å². The zero-order valence-electron chi connectivity index (χ0n) is 16.2. The largest absolute Gasteiger partial charge is 0.396 e. The molecule has 2 aromatic heterocycles. The molecule has 1 atom stereocenters. The van der Waals surface area contributed by atoms with Crippen LogP contribution in [0.5, 0.6) is 0 Å². The molecule has 0 saturated heterocycles. The highest BCUT2D eigenvalue weighted by Gasteiger charge is 2.12. The van der Waals surface area contributed by atoms with E-state index < -0.39 is 0 Å². The summed E-state index contributed by atoms with van der Waals surface area (Å²) in [6.45, 7) is 2.11. The van der Waals surface area contributed by atoms with Crippen molar-refractivity contribution < 1.29 is 4.52 Å². The van der Waals surface area contributed by atoms with Crippen molar-refractivity contribution in [2.24, 2.45) is 5.84 Å². The van der Waals surface area contributed by atoms with Crippen molar-refractivity contribution in [2.45, 2.75) is 6.54 Å². The van der Waals surface area contributed by atoms with Crippen LogP contribution < -0.4 is 21.9 Å². The van der Waals surface area contributed by atoms with Gasteiger partial charge >= 0.3 is 0 Å². The lowest BCUT2D eigenvalue weighted by Gasteiger charge is -2.20. The van der Waals surface area contributed by atoms with Gasteiger partial charge < -0.3 is 21.0 Å². The second-order valence-electron chi connectivity index (χ2n) is 6.39. The fourth-order valence-corrected chi connectivity index (χ4v) is 3.71. The van der Waals surface area contributed by atoms with Crippen LogP contribution in [-0.4, -0.2) is 29.3 Å². The molecule has 2 heterocycles. The van der Waals surface area contributed by atoms with E-state index in [0.29, 0.717) is 48.9 Å². The van der Waals surface area contributed by atoms with Gasteiger partial charge in [-0.05, 0) is 57.9 Å². The number of anilines is 2. The number of allylic oxidation sites excluding steroid dienone is 1. The van der Waals surface area contributed by atoms with E-state index in [-0.39, 0.29) is 0 Å². The fourth-order valence-electron chi connectivity index (χ4n) is 2.87. The number of nitrogens with one attached hydrogen (secondary N) is 2. The summed E-state index contributed by atoms with van der Waals surface area (Å²) in [6, 6.07) is 13.4. The molecule has 3 rings (SSSR count). The van der Waals surface area contributed by atoms with Gasteiger partial charge in [-0.2, -0.15) is 0 Å². The number of hydrogen-bond acceptors (Lipinski definition) is 8. The molecular formula is C20H23IN7OP. The molecule has 0 aliphatic rings. The van der Waals surface area contributed by atoms with Crippen molar-refractivity contribution in [3.05, 3.63) is 66.1 Å². The number of hydrazine groups is 1. The average molecular weight is 535 g/mol. The van der Waals surface area contributed by atoms with Gasteiger partial charge in [0.05, 0.1) is 36.5 Å². The van der Waals surface area contributed by atoms with Crippen LogP contribution in [0, 0.1) is 5.41 Å². The van der Waals surface area contributed by atoms with E-state index in [1.54, 1.807) is 24.5 Å². The lowest BCUT2D eigenvalue weighted by atomic mass is 10.1. The number of nitrogens with two attached hydrogens (primary N) is 2. The Morgan fingerprint density at radius 2 is 2.17 bits per heavy atom. The van der Waals surface area contributed by atoms with E-state index in [9.17, 15) is 0 Å². The van der Waals surface area contributed by atoms with Crippen molar-refractivity contribution in [2.75, 3.05) is 23.9 Å². The second-order valence-corrected chi connectivity index (χ2v) is 8.16.